The number of aryl methyl sites for hydroxylation is 2. The second kappa shape index (κ2) is 1.33. The van der Waals surface area contributed by atoms with Gasteiger partial charge in [0.15, 0.2) is 0 Å². The molecule has 0 aliphatic carbocycles. The van der Waals surface area contributed by atoms with E-state index in [0.717, 1.165) is 5.69 Å². The molecule has 0 aromatic carbocycles. The van der Waals surface area contributed by atoms with Crippen molar-refractivity contribution < 1.29 is 0 Å². The summed E-state index contributed by atoms with van der Waals surface area (Å²) < 4.78 is 1.67. The minimum Gasteiger partial charge on any atom is -0.252 e. The van der Waals surface area contributed by atoms with E-state index < -0.39 is 0 Å². The monoisotopic (exact) mass is 96.1 g/mol. The minimum atomic E-state index is 0.958. The molecule has 1 aromatic heterocycles. The molecular weight excluding hydrogens is 90.1 g/mol. The van der Waals surface area contributed by atoms with Gasteiger partial charge in [-0.3, -0.25) is 4.68 Å². The normalized spacial score (nSPS) is 9.43. The molecule has 0 unspecified atom stereocenters. The predicted molar refractivity (Wildman–Crippen MR) is 24.6 cm³/mol. The smallest absolute Gasteiger partial charge is 0.138 e. The maximum atomic E-state index is 3.63. The van der Waals surface area contributed by atoms with Crippen LogP contribution in [0.5, 0.6) is 0 Å². The van der Waals surface area contributed by atoms with E-state index in [2.05, 4.69) is 16.5 Å². The van der Waals surface area contributed by atoms with Gasteiger partial charge in [0.1, 0.15) is 6.20 Å². The standard InChI is InChI=1S/C4H6N3/c1-4-3-5-6-7(4)2/h1-2H3. The summed E-state index contributed by atoms with van der Waals surface area (Å²) in [7, 11) is 1.83. The van der Waals surface area contributed by atoms with E-state index in [4.69, 9.17) is 0 Å². The molecule has 0 N–H and O–H groups in total. The van der Waals surface area contributed by atoms with Gasteiger partial charge < -0.3 is 0 Å². The largest absolute Gasteiger partial charge is 0.252 e. The quantitative estimate of drug-likeness (QED) is 0.452. The van der Waals surface area contributed by atoms with Crippen molar-refractivity contribution in [2.24, 2.45) is 7.05 Å². The zero-order valence-corrected chi connectivity index (χ0v) is 4.34. The van der Waals surface area contributed by atoms with E-state index in [1.807, 2.05) is 14.0 Å². The molecule has 3 heteroatoms. The van der Waals surface area contributed by atoms with Gasteiger partial charge in [0.2, 0.25) is 0 Å². The lowest BCUT2D eigenvalue weighted by atomic mass is 10.6. The summed E-state index contributed by atoms with van der Waals surface area (Å²) in [6.07, 6.45) is 2.67. The Labute approximate surface area is 42.0 Å². The number of aromatic nitrogens is 3. The lowest BCUT2D eigenvalue weighted by Gasteiger charge is -1.83. The van der Waals surface area contributed by atoms with Gasteiger partial charge in [-0.25, -0.2) is 0 Å². The Morgan fingerprint density at radius 2 is 2.43 bits per heavy atom. The third kappa shape index (κ3) is 0.607. The average molecular weight is 96.1 g/mol. The maximum Gasteiger partial charge on any atom is 0.138 e. The summed E-state index contributed by atoms with van der Waals surface area (Å²) in [6.45, 7) is 1.90. The molecule has 0 saturated heterocycles. The van der Waals surface area contributed by atoms with Crippen molar-refractivity contribution in [1.29, 1.82) is 0 Å². The van der Waals surface area contributed by atoms with E-state index >= 15 is 0 Å². The van der Waals surface area contributed by atoms with Gasteiger partial charge in [0.05, 0.1) is 5.69 Å². The summed E-state index contributed by atoms with van der Waals surface area (Å²) in [5.74, 6) is 0. The van der Waals surface area contributed by atoms with Crippen LogP contribution in [0, 0.1) is 13.1 Å². The Kier molecular flexibility index (Phi) is 0.817. The van der Waals surface area contributed by atoms with Crippen LogP contribution in [0.2, 0.25) is 0 Å². The third-order valence-electron chi connectivity index (χ3n) is 0.876. The van der Waals surface area contributed by atoms with Crippen molar-refractivity contribution in [1.82, 2.24) is 15.0 Å². The zero-order valence-electron chi connectivity index (χ0n) is 4.34. The van der Waals surface area contributed by atoms with Gasteiger partial charge in [-0.15, -0.1) is 5.10 Å². The van der Waals surface area contributed by atoms with Crippen LogP contribution >= 0.6 is 0 Å². The highest BCUT2D eigenvalue weighted by Gasteiger charge is 1.86. The zero-order chi connectivity index (χ0) is 5.28. The second-order valence-corrected chi connectivity index (χ2v) is 1.41. The first-order valence-electron chi connectivity index (χ1n) is 2.04. The summed E-state index contributed by atoms with van der Waals surface area (Å²) in [5.41, 5.74) is 0.958. The van der Waals surface area contributed by atoms with E-state index in [1.54, 1.807) is 4.68 Å². The average Bonchev–Trinajstić information content (AvgIpc) is 1.91. The number of hydrogen-bond acceptors (Lipinski definition) is 2. The Morgan fingerprint density at radius 3 is 2.57 bits per heavy atom. The number of rotatable bonds is 0. The fourth-order valence-electron chi connectivity index (χ4n) is 0.301. The van der Waals surface area contributed by atoms with Gasteiger partial charge in [-0.2, -0.15) is 0 Å². The first-order valence-corrected chi connectivity index (χ1v) is 2.04. The molecule has 37 valence electrons. The third-order valence-corrected chi connectivity index (χ3v) is 0.876. The first-order chi connectivity index (χ1) is 3.30. The Hall–Kier alpha value is -0.860. The fourth-order valence-corrected chi connectivity index (χ4v) is 0.301. The van der Waals surface area contributed by atoms with Crippen LogP contribution in [0.3, 0.4) is 0 Å². The summed E-state index contributed by atoms with van der Waals surface area (Å²) in [4.78, 5) is 0. The first kappa shape index (κ1) is 4.30. The molecule has 1 rings (SSSR count). The Bertz CT molecular complexity index is 139. The molecule has 0 bridgehead atoms. The summed E-state index contributed by atoms with van der Waals surface area (Å²) in [5, 5.41) is 7.14. The van der Waals surface area contributed by atoms with E-state index in [-0.39, 0.29) is 0 Å². The maximum absolute atomic E-state index is 3.63. The molecule has 7 heavy (non-hydrogen) atoms. The molecule has 0 amide bonds. The molecule has 0 fully saturated rings. The predicted octanol–water partition coefficient (Wildman–Crippen LogP) is -0.0763. The molecule has 0 aliphatic rings. The van der Waals surface area contributed by atoms with Crippen LogP contribution < -0.4 is 0 Å². The van der Waals surface area contributed by atoms with Gasteiger partial charge in [-0.05, 0) is 6.92 Å². The number of nitrogens with zero attached hydrogens (tertiary/aromatic N) is 3. The Morgan fingerprint density at radius 1 is 1.71 bits per heavy atom. The summed E-state index contributed by atoms with van der Waals surface area (Å²) >= 11 is 0. The van der Waals surface area contributed by atoms with Crippen molar-refractivity contribution >= 4 is 0 Å². The highest BCUT2D eigenvalue weighted by atomic mass is 15.4. The lowest BCUT2D eigenvalue weighted by molar-refractivity contribution is 0.696. The van der Waals surface area contributed by atoms with Gasteiger partial charge in [-0.1, -0.05) is 5.21 Å². The molecule has 0 aliphatic heterocycles. The van der Waals surface area contributed by atoms with E-state index in [0.29, 0.717) is 0 Å². The molecule has 0 spiro atoms. The van der Waals surface area contributed by atoms with E-state index in [9.17, 15) is 0 Å². The molecule has 0 saturated carbocycles. The van der Waals surface area contributed by atoms with Gasteiger partial charge in [0, 0.05) is 7.05 Å². The van der Waals surface area contributed by atoms with Crippen molar-refractivity contribution in [3.8, 4) is 0 Å². The molecule has 1 heterocycles. The second-order valence-electron chi connectivity index (χ2n) is 1.41. The van der Waals surface area contributed by atoms with Gasteiger partial charge in [0.25, 0.3) is 0 Å². The van der Waals surface area contributed by atoms with Crippen molar-refractivity contribution in [2.75, 3.05) is 0 Å². The lowest BCUT2D eigenvalue weighted by Crippen LogP contribution is -1.91. The van der Waals surface area contributed by atoms with Crippen LogP contribution in [0.25, 0.3) is 0 Å². The summed E-state index contributed by atoms with van der Waals surface area (Å²) in [6, 6.07) is 0. The molecule has 1 radical (unpaired) electrons. The molecular formula is C4H6N3. The minimum absolute atomic E-state index is 0.958. The van der Waals surface area contributed by atoms with Gasteiger partial charge >= 0.3 is 0 Å². The van der Waals surface area contributed by atoms with Crippen molar-refractivity contribution in [2.45, 2.75) is 6.92 Å². The van der Waals surface area contributed by atoms with Crippen LogP contribution in [0.15, 0.2) is 0 Å². The van der Waals surface area contributed by atoms with Crippen LogP contribution in [-0.2, 0) is 7.05 Å². The Balaban J connectivity index is 3.12. The number of hydrogen-bond donors (Lipinski definition) is 0. The highest BCUT2D eigenvalue weighted by Crippen LogP contribution is 1.83. The van der Waals surface area contributed by atoms with E-state index in [1.165, 1.54) is 0 Å². The molecule has 0 atom stereocenters. The van der Waals surface area contributed by atoms with Crippen LogP contribution in [-0.4, -0.2) is 15.0 Å². The topological polar surface area (TPSA) is 30.7 Å². The van der Waals surface area contributed by atoms with Crippen LogP contribution in [0.1, 0.15) is 5.69 Å². The fraction of sp³-hybridized carbons (Fsp3) is 0.500. The van der Waals surface area contributed by atoms with Crippen molar-refractivity contribution in [3.63, 3.8) is 0 Å². The van der Waals surface area contributed by atoms with Crippen LogP contribution in [0.4, 0.5) is 0 Å². The molecule has 1 aromatic rings. The highest BCUT2D eigenvalue weighted by molar-refractivity contribution is 4.84. The molecule has 3 nitrogen and oxygen atoms in total. The SMILES string of the molecule is Cc1[c]nnn1C. The van der Waals surface area contributed by atoms with Crippen molar-refractivity contribution in [3.05, 3.63) is 11.9 Å².